The van der Waals surface area contributed by atoms with Crippen molar-refractivity contribution in [2.24, 2.45) is 0 Å². The van der Waals surface area contributed by atoms with E-state index in [9.17, 15) is 4.39 Å². The molecule has 0 bridgehead atoms. The lowest BCUT2D eigenvalue weighted by Gasteiger charge is -1.91. The van der Waals surface area contributed by atoms with E-state index in [1.54, 1.807) is 13.9 Å². The molecular weight excluding hydrogens is 130 g/mol. The molecule has 0 aliphatic rings. The zero-order valence-corrected chi connectivity index (χ0v) is 5.43. The summed E-state index contributed by atoms with van der Waals surface area (Å²) >= 11 is 0. The molecule has 0 saturated heterocycles. The lowest BCUT2D eigenvalue weighted by Crippen LogP contribution is -2.05. The first-order valence-electron chi connectivity index (χ1n) is 2.76. The highest BCUT2D eigenvalue weighted by atomic mass is 19.1. The average molecular weight is 134 g/mol. The van der Waals surface area contributed by atoms with E-state index in [1.165, 1.54) is 12.3 Å². The van der Waals surface area contributed by atoms with Crippen LogP contribution in [0.25, 0.3) is 0 Å². The molecule has 48 valence electrons. The second-order valence-corrected chi connectivity index (χ2v) is 1.95. The van der Waals surface area contributed by atoms with Gasteiger partial charge in [-0.15, -0.1) is 0 Å². The molecule has 0 aliphatic heterocycles. The molecule has 4 heteroatoms. The Hall–Kier alpha value is -1.37. The number of aromatic nitrogens is 1. The predicted molar refractivity (Wildman–Crippen MR) is 37.1 cm³/mol. The molecule has 0 saturated carbocycles. The van der Waals surface area contributed by atoms with Gasteiger partial charge in [-0.25, -0.2) is 9.37 Å². The molecule has 1 aromatic rings. The molecule has 0 amide bonds. The van der Waals surface area contributed by atoms with Gasteiger partial charge in [0.2, 0.25) is 0 Å². The van der Waals surface area contributed by atoms with Crippen molar-refractivity contribution in [1.82, 2.24) is 4.98 Å². The van der Waals surface area contributed by atoms with Crippen LogP contribution >= 0.6 is 0 Å². The van der Waals surface area contributed by atoms with Gasteiger partial charge < -0.3 is 0 Å². The fourth-order valence-corrected chi connectivity index (χ4v) is 0.616. The molecule has 1 heterocycles. The zero-order chi connectivity index (χ0) is 7.56. The number of hydrogen-bond acceptors (Lipinski definition) is 2. The first-order valence-corrected chi connectivity index (χ1v) is 2.76. The van der Waals surface area contributed by atoms with Crippen molar-refractivity contribution in [1.29, 1.82) is 5.26 Å². The number of rotatable bonds is 0. The summed E-state index contributed by atoms with van der Waals surface area (Å²) in [4.78, 5) is 3.56. The van der Waals surface area contributed by atoms with Crippen molar-refractivity contribution in [3.8, 4) is 6.07 Å². The Balaban J connectivity index is 3.23. The standard InChI is InChI=1S/C6H4BFN2/c7-4-1-5(8)6(2-9)10-3-4/h1,3H,7H2. The predicted octanol–water partition coefficient (Wildman–Crippen LogP) is -0.649. The van der Waals surface area contributed by atoms with Gasteiger partial charge in [-0.05, 0) is 6.07 Å². The van der Waals surface area contributed by atoms with E-state index < -0.39 is 5.82 Å². The summed E-state index contributed by atoms with van der Waals surface area (Å²) in [5.74, 6) is -0.553. The third-order valence-electron chi connectivity index (χ3n) is 1.08. The smallest absolute Gasteiger partial charge is 0.176 e. The van der Waals surface area contributed by atoms with Crippen LogP contribution in [-0.2, 0) is 0 Å². The van der Waals surface area contributed by atoms with Gasteiger partial charge in [0.1, 0.15) is 13.9 Å². The van der Waals surface area contributed by atoms with Crippen LogP contribution in [0.15, 0.2) is 12.3 Å². The minimum Gasteiger partial charge on any atom is -0.243 e. The second kappa shape index (κ2) is 2.48. The van der Waals surface area contributed by atoms with E-state index in [0.717, 1.165) is 5.46 Å². The molecule has 0 atom stereocenters. The highest BCUT2D eigenvalue weighted by Gasteiger charge is 1.99. The molecule has 2 nitrogen and oxygen atoms in total. The summed E-state index contributed by atoms with van der Waals surface area (Å²) in [6.45, 7) is 0. The number of pyridine rings is 1. The summed E-state index contributed by atoms with van der Waals surface area (Å²) in [5, 5.41) is 8.26. The van der Waals surface area contributed by atoms with Crippen molar-refractivity contribution in [2.45, 2.75) is 0 Å². The van der Waals surface area contributed by atoms with Gasteiger partial charge in [0, 0.05) is 6.20 Å². The van der Waals surface area contributed by atoms with Crippen LogP contribution in [0.4, 0.5) is 4.39 Å². The first-order chi connectivity index (χ1) is 4.74. The molecule has 0 radical (unpaired) electrons. The Morgan fingerprint density at radius 3 is 2.90 bits per heavy atom. The number of nitrogens with zero attached hydrogens (tertiary/aromatic N) is 2. The van der Waals surface area contributed by atoms with E-state index in [2.05, 4.69) is 4.98 Å². The summed E-state index contributed by atoms with van der Waals surface area (Å²) in [6, 6.07) is 2.92. The molecular formula is C6H4BFN2. The number of hydrogen-bond donors (Lipinski definition) is 0. The normalized spacial score (nSPS) is 8.80. The molecule has 1 rings (SSSR count). The Morgan fingerprint density at radius 2 is 2.40 bits per heavy atom. The van der Waals surface area contributed by atoms with Crippen LogP contribution in [0.3, 0.4) is 0 Å². The van der Waals surface area contributed by atoms with E-state index in [4.69, 9.17) is 5.26 Å². The van der Waals surface area contributed by atoms with Crippen molar-refractivity contribution in [3.05, 3.63) is 23.8 Å². The summed E-state index contributed by atoms with van der Waals surface area (Å²) in [6.07, 6.45) is 1.46. The molecule has 0 N–H and O–H groups in total. The van der Waals surface area contributed by atoms with Crippen LogP contribution in [-0.4, -0.2) is 12.8 Å². The molecule has 0 aliphatic carbocycles. The zero-order valence-electron chi connectivity index (χ0n) is 5.43. The quantitative estimate of drug-likeness (QED) is 0.442. The second-order valence-electron chi connectivity index (χ2n) is 1.95. The molecule has 1 aromatic heterocycles. The third kappa shape index (κ3) is 1.13. The Morgan fingerprint density at radius 1 is 1.70 bits per heavy atom. The fraction of sp³-hybridized carbons (Fsp3) is 0. The van der Waals surface area contributed by atoms with Crippen LogP contribution < -0.4 is 5.46 Å². The minimum absolute atomic E-state index is 0.148. The third-order valence-corrected chi connectivity index (χ3v) is 1.08. The highest BCUT2D eigenvalue weighted by molar-refractivity contribution is 6.32. The maximum Gasteiger partial charge on any atom is 0.176 e. The first kappa shape index (κ1) is 6.75. The SMILES string of the molecule is Bc1cnc(C#N)c(F)c1. The van der Waals surface area contributed by atoms with Crippen molar-refractivity contribution in [3.63, 3.8) is 0 Å². The van der Waals surface area contributed by atoms with Crippen molar-refractivity contribution >= 4 is 13.3 Å². The highest BCUT2D eigenvalue weighted by Crippen LogP contribution is 1.96. The molecule has 0 spiro atoms. The lowest BCUT2D eigenvalue weighted by molar-refractivity contribution is 0.618. The number of halogens is 1. The van der Waals surface area contributed by atoms with E-state index >= 15 is 0 Å². The maximum absolute atomic E-state index is 12.6. The van der Waals surface area contributed by atoms with Crippen LogP contribution in [0.2, 0.25) is 0 Å². The number of nitriles is 1. The fourth-order valence-electron chi connectivity index (χ4n) is 0.616. The molecule has 10 heavy (non-hydrogen) atoms. The molecule has 0 aromatic carbocycles. The van der Waals surface area contributed by atoms with Gasteiger partial charge in [0.05, 0.1) is 0 Å². The van der Waals surface area contributed by atoms with Gasteiger partial charge in [0.15, 0.2) is 11.5 Å². The van der Waals surface area contributed by atoms with Crippen LogP contribution in [0.1, 0.15) is 5.69 Å². The average Bonchev–Trinajstić information content (AvgIpc) is 1.88. The van der Waals surface area contributed by atoms with E-state index in [1.807, 2.05) is 0 Å². The van der Waals surface area contributed by atoms with Gasteiger partial charge >= 0.3 is 0 Å². The Bertz CT molecular complexity index is 292. The monoisotopic (exact) mass is 134 g/mol. The summed E-state index contributed by atoms with van der Waals surface area (Å²) < 4.78 is 12.6. The molecule has 0 fully saturated rings. The largest absolute Gasteiger partial charge is 0.243 e. The van der Waals surface area contributed by atoms with Crippen molar-refractivity contribution < 1.29 is 4.39 Å². The van der Waals surface area contributed by atoms with Crippen molar-refractivity contribution in [2.75, 3.05) is 0 Å². The van der Waals surface area contributed by atoms with Crippen LogP contribution in [0.5, 0.6) is 0 Å². The van der Waals surface area contributed by atoms with Crippen LogP contribution in [0, 0.1) is 17.1 Å². The van der Waals surface area contributed by atoms with Gasteiger partial charge in [-0.2, -0.15) is 5.26 Å². The van der Waals surface area contributed by atoms with Gasteiger partial charge in [-0.1, -0.05) is 5.46 Å². The lowest BCUT2D eigenvalue weighted by atomic mass is 9.98. The van der Waals surface area contributed by atoms with Gasteiger partial charge in [0.25, 0.3) is 0 Å². The topological polar surface area (TPSA) is 36.7 Å². The maximum atomic E-state index is 12.6. The summed E-state index contributed by atoms with van der Waals surface area (Å²) in [7, 11) is 1.72. The Labute approximate surface area is 58.7 Å². The summed E-state index contributed by atoms with van der Waals surface area (Å²) in [5.41, 5.74) is 0.571. The van der Waals surface area contributed by atoms with Gasteiger partial charge in [-0.3, -0.25) is 0 Å². The molecule has 0 unspecified atom stereocenters. The van der Waals surface area contributed by atoms with E-state index in [0.29, 0.717) is 0 Å². The Kier molecular flexibility index (Phi) is 1.68. The minimum atomic E-state index is -0.553. The van der Waals surface area contributed by atoms with E-state index in [-0.39, 0.29) is 5.69 Å².